The molecule has 2 rings (SSSR count). The van der Waals surface area contributed by atoms with E-state index in [4.69, 9.17) is 0 Å². The van der Waals surface area contributed by atoms with E-state index in [0.717, 1.165) is 17.7 Å². The summed E-state index contributed by atoms with van der Waals surface area (Å²) in [5, 5.41) is 4.25. The summed E-state index contributed by atoms with van der Waals surface area (Å²) in [6.07, 6.45) is 5.29. The topological polar surface area (TPSA) is 17.8 Å². The van der Waals surface area contributed by atoms with Gasteiger partial charge in [-0.1, -0.05) is 32.6 Å². The highest BCUT2D eigenvalue weighted by atomic mass is 19.1. The van der Waals surface area contributed by atoms with Crippen LogP contribution in [0.25, 0.3) is 17.2 Å². The molecule has 0 atom stereocenters. The summed E-state index contributed by atoms with van der Waals surface area (Å²) in [6, 6.07) is 4.97. The lowest BCUT2D eigenvalue weighted by atomic mass is 10.1. The van der Waals surface area contributed by atoms with Crippen LogP contribution in [0.15, 0.2) is 37.2 Å². The summed E-state index contributed by atoms with van der Waals surface area (Å²) in [5.41, 5.74) is 2.28. The third-order valence-electron chi connectivity index (χ3n) is 2.72. The van der Waals surface area contributed by atoms with Crippen LogP contribution in [0, 0.1) is 11.7 Å². The number of rotatable bonds is 4. The van der Waals surface area contributed by atoms with E-state index >= 15 is 0 Å². The van der Waals surface area contributed by atoms with Crippen molar-refractivity contribution >= 4 is 6.08 Å². The monoisotopic (exact) mass is 244 g/mol. The number of halogens is 1. The van der Waals surface area contributed by atoms with Crippen LogP contribution < -0.4 is 0 Å². The molecule has 0 bridgehead atoms. The summed E-state index contributed by atoms with van der Waals surface area (Å²) >= 11 is 0. The van der Waals surface area contributed by atoms with Crippen molar-refractivity contribution < 1.29 is 4.39 Å². The molecule has 94 valence electrons. The van der Waals surface area contributed by atoms with E-state index in [1.807, 2.05) is 10.9 Å². The summed E-state index contributed by atoms with van der Waals surface area (Å²) in [6.45, 7) is 8.78. The molecule has 0 aliphatic heterocycles. The normalized spacial score (nSPS) is 10.9. The van der Waals surface area contributed by atoms with Gasteiger partial charge in [0, 0.05) is 23.9 Å². The Morgan fingerprint density at radius 1 is 1.44 bits per heavy atom. The Bertz CT molecular complexity index is 555. The molecule has 0 fully saturated rings. The first-order valence-corrected chi connectivity index (χ1v) is 6.05. The lowest BCUT2D eigenvalue weighted by Crippen LogP contribution is -2.04. The van der Waals surface area contributed by atoms with Crippen LogP contribution in [0.4, 0.5) is 4.39 Å². The molecule has 1 heterocycles. The fraction of sp³-hybridized carbons (Fsp3) is 0.267. The predicted octanol–water partition coefficient (Wildman–Crippen LogP) is 3.99. The molecule has 2 nitrogen and oxygen atoms in total. The van der Waals surface area contributed by atoms with Crippen molar-refractivity contribution in [1.82, 2.24) is 9.78 Å². The van der Waals surface area contributed by atoms with Crippen LogP contribution in [-0.4, -0.2) is 9.78 Å². The fourth-order valence-electron chi connectivity index (χ4n) is 1.87. The molecule has 0 saturated heterocycles. The SMILES string of the molecule is C=Cc1ccc(F)c(-c2cnn(CC(C)C)c2)c1. The quantitative estimate of drug-likeness (QED) is 0.795. The van der Waals surface area contributed by atoms with Crippen LogP contribution >= 0.6 is 0 Å². The maximum atomic E-state index is 13.8. The van der Waals surface area contributed by atoms with Crippen molar-refractivity contribution in [2.45, 2.75) is 20.4 Å². The lowest BCUT2D eigenvalue weighted by molar-refractivity contribution is 0.483. The highest BCUT2D eigenvalue weighted by Gasteiger charge is 2.08. The van der Waals surface area contributed by atoms with Gasteiger partial charge in [0.2, 0.25) is 0 Å². The molecule has 3 heteroatoms. The van der Waals surface area contributed by atoms with Crippen molar-refractivity contribution in [1.29, 1.82) is 0 Å². The van der Waals surface area contributed by atoms with E-state index in [0.29, 0.717) is 11.5 Å². The van der Waals surface area contributed by atoms with Gasteiger partial charge >= 0.3 is 0 Å². The molecule has 0 aliphatic carbocycles. The van der Waals surface area contributed by atoms with E-state index in [-0.39, 0.29) is 5.82 Å². The maximum Gasteiger partial charge on any atom is 0.131 e. The van der Waals surface area contributed by atoms with Gasteiger partial charge in [-0.25, -0.2) is 4.39 Å². The third kappa shape index (κ3) is 2.67. The van der Waals surface area contributed by atoms with E-state index in [1.54, 1.807) is 24.4 Å². The molecule has 0 unspecified atom stereocenters. The van der Waals surface area contributed by atoms with E-state index in [2.05, 4.69) is 25.5 Å². The Morgan fingerprint density at radius 3 is 2.89 bits per heavy atom. The van der Waals surface area contributed by atoms with Crippen LogP contribution in [0.5, 0.6) is 0 Å². The first-order valence-electron chi connectivity index (χ1n) is 6.05. The van der Waals surface area contributed by atoms with E-state index < -0.39 is 0 Å². The molecule has 0 aliphatic rings. The minimum Gasteiger partial charge on any atom is -0.272 e. The Labute approximate surface area is 107 Å². The molecule has 0 radical (unpaired) electrons. The van der Waals surface area contributed by atoms with Crippen LogP contribution in [0.2, 0.25) is 0 Å². The minimum atomic E-state index is -0.232. The summed E-state index contributed by atoms with van der Waals surface area (Å²) in [7, 11) is 0. The van der Waals surface area contributed by atoms with E-state index in [9.17, 15) is 4.39 Å². The Kier molecular flexibility index (Phi) is 3.60. The zero-order chi connectivity index (χ0) is 13.1. The summed E-state index contributed by atoms with van der Waals surface area (Å²) in [4.78, 5) is 0. The zero-order valence-corrected chi connectivity index (χ0v) is 10.7. The van der Waals surface area contributed by atoms with Gasteiger partial charge in [-0.2, -0.15) is 5.10 Å². The van der Waals surface area contributed by atoms with Gasteiger partial charge in [0.15, 0.2) is 0 Å². The van der Waals surface area contributed by atoms with Gasteiger partial charge < -0.3 is 0 Å². The van der Waals surface area contributed by atoms with Gasteiger partial charge in [-0.3, -0.25) is 4.68 Å². The fourth-order valence-corrected chi connectivity index (χ4v) is 1.87. The molecule has 18 heavy (non-hydrogen) atoms. The summed E-state index contributed by atoms with van der Waals surface area (Å²) < 4.78 is 15.6. The van der Waals surface area contributed by atoms with Crippen molar-refractivity contribution in [3.63, 3.8) is 0 Å². The van der Waals surface area contributed by atoms with Crippen molar-refractivity contribution in [3.8, 4) is 11.1 Å². The van der Waals surface area contributed by atoms with Crippen molar-refractivity contribution in [2.75, 3.05) is 0 Å². The van der Waals surface area contributed by atoms with Crippen molar-refractivity contribution in [2.24, 2.45) is 5.92 Å². The number of benzene rings is 1. The third-order valence-corrected chi connectivity index (χ3v) is 2.72. The lowest BCUT2D eigenvalue weighted by Gasteiger charge is -2.04. The Hall–Kier alpha value is -1.90. The van der Waals surface area contributed by atoms with E-state index in [1.165, 1.54) is 6.07 Å². The van der Waals surface area contributed by atoms with Gasteiger partial charge in [0.1, 0.15) is 5.82 Å². The average molecular weight is 244 g/mol. The minimum absolute atomic E-state index is 0.232. The predicted molar refractivity (Wildman–Crippen MR) is 72.6 cm³/mol. The summed E-state index contributed by atoms with van der Waals surface area (Å²) in [5.74, 6) is 0.284. The highest BCUT2D eigenvalue weighted by Crippen LogP contribution is 2.24. The molecule has 0 spiro atoms. The number of hydrogen-bond donors (Lipinski definition) is 0. The first-order chi connectivity index (χ1) is 8.60. The van der Waals surface area contributed by atoms with Gasteiger partial charge in [-0.05, 0) is 23.6 Å². The molecule has 0 N–H and O–H groups in total. The molecule has 1 aromatic carbocycles. The maximum absolute atomic E-state index is 13.8. The first kappa shape index (κ1) is 12.6. The standard InChI is InChI=1S/C15H17FN2/c1-4-12-5-6-15(16)14(7-12)13-8-17-18(10-13)9-11(2)3/h4-8,10-11H,1,9H2,2-3H3. The largest absolute Gasteiger partial charge is 0.272 e. The second-order valence-corrected chi connectivity index (χ2v) is 4.79. The smallest absolute Gasteiger partial charge is 0.131 e. The number of nitrogens with zero attached hydrogens (tertiary/aromatic N) is 2. The van der Waals surface area contributed by atoms with Crippen LogP contribution in [0.3, 0.4) is 0 Å². The number of aromatic nitrogens is 2. The Morgan fingerprint density at radius 2 is 2.22 bits per heavy atom. The van der Waals surface area contributed by atoms with Gasteiger partial charge in [0.05, 0.1) is 6.20 Å². The van der Waals surface area contributed by atoms with Crippen LogP contribution in [-0.2, 0) is 6.54 Å². The average Bonchev–Trinajstić information content (AvgIpc) is 2.77. The molecule has 1 aromatic heterocycles. The zero-order valence-electron chi connectivity index (χ0n) is 10.7. The molecule has 0 amide bonds. The molecule has 2 aromatic rings. The van der Waals surface area contributed by atoms with Crippen LogP contribution in [0.1, 0.15) is 19.4 Å². The second-order valence-electron chi connectivity index (χ2n) is 4.79. The highest BCUT2D eigenvalue weighted by molar-refractivity contribution is 5.66. The van der Waals surface area contributed by atoms with Gasteiger partial charge in [0.25, 0.3) is 0 Å². The molecule has 0 saturated carbocycles. The number of hydrogen-bond acceptors (Lipinski definition) is 1. The second kappa shape index (κ2) is 5.17. The van der Waals surface area contributed by atoms with Crippen molar-refractivity contribution in [3.05, 3.63) is 48.6 Å². The Balaban J connectivity index is 2.36. The molecular weight excluding hydrogens is 227 g/mol. The molecular formula is C15H17FN2. The van der Waals surface area contributed by atoms with Gasteiger partial charge in [-0.15, -0.1) is 0 Å².